The maximum absolute atomic E-state index is 5.97. The molecule has 0 radical (unpaired) electrons. The van der Waals surface area contributed by atoms with Gasteiger partial charge in [0.25, 0.3) is 0 Å². The highest BCUT2D eigenvalue weighted by molar-refractivity contribution is 5.38. The van der Waals surface area contributed by atoms with Crippen LogP contribution in [0.5, 0.6) is 0 Å². The van der Waals surface area contributed by atoms with Gasteiger partial charge in [0.05, 0.1) is 6.10 Å². The Balaban J connectivity index is 1.87. The molecule has 1 aliphatic heterocycles. The van der Waals surface area contributed by atoms with Crippen LogP contribution in [-0.2, 0) is 11.2 Å². The molecule has 1 aliphatic rings. The summed E-state index contributed by atoms with van der Waals surface area (Å²) in [6, 6.07) is 4.45. The number of hydrogen-bond acceptors (Lipinski definition) is 4. The number of nitrogens with two attached hydrogens (primary N) is 1. The summed E-state index contributed by atoms with van der Waals surface area (Å²) in [6.45, 7) is 3.94. The SMILES string of the molecule is CCC(N)Cc1ccc(N(C)CC2CCCCO2)nc1. The molecule has 4 nitrogen and oxygen atoms in total. The molecule has 0 aliphatic carbocycles. The molecule has 2 N–H and O–H groups in total. The number of nitrogens with zero attached hydrogens (tertiary/aromatic N) is 2. The van der Waals surface area contributed by atoms with Crippen molar-refractivity contribution in [1.29, 1.82) is 0 Å². The van der Waals surface area contributed by atoms with Gasteiger partial charge in [-0.05, 0) is 43.7 Å². The summed E-state index contributed by atoms with van der Waals surface area (Å²) in [7, 11) is 2.08. The third-order valence-electron chi connectivity index (χ3n) is 3.97. The fraction of sp³-hybridized carbons (Fsp3) is 0.688. The maximum Gasteiger partial charge on any atom is 0.128 e. The first-order chi connectivity index (χ1) is 9.69. The van der Waals surface area contributed by atoms with Gasteiger partial charge < -0.3 is 15.4 Å². The first-order valence-electron chi connectivity index (χ1n) is 7.72. The Morgan fingerprint density at radius 2 is 2.30 bits per heavy atom. The van der Waals surface area contributed by atoms with E-state index in [1.807, 2.05) is 6.20 Å². The Morgan fingerprint density at radius 3 is 2.90 bits per heavy atom. The summed E-state index contributed by atoms with van der Waals surface area (Å²) in [6.07, 6.45) is 7.84. The monoisotopic (exact) mass is 277 g/mol. The summed E-state index contributed by atoms with van der Waals surface area (Å²) in [5, 5.41) is 0. The van der Waals surface area contributed by atoms with Gasteiger partial charge in [-0.1, -0.05) is 13.0 Å². The minimum absolute atomic E-state index is 0.232. The van der Waals surface area contributed by atoms with Gasteiger partial charge in [0.1, 0.15) is 5.82 Å². The molecule has 1 aromatic rings. The van der Waals surface area contributed by atoms with Crippen LogP contribution < -0.4 is 10.6 Å². The van der Waals surface area contributed by atoms with Crippen LogP contribution >= 0.6 is 0 Å². The van der Waals surface area contributed by atoms with Crippen molar-refractivity contribution in [2.24, 2.45) is 5.73 Å². The molecule has 1 fully saturated rings. The standard InChI is InChI=1S/C16H27N3O/c1-3-14(17)10-13-7-8-16(18-11-13)19(2)12-15-6-4-5-9-20-15/h7-8,11,14-15H,3-6,9-10,12,17H2,1-2H3. The van der Waals surface area contributed by atoms with Gasteiger partial charge in [-0.25, -0.2) is 4.98 Å². The van der Waals surface area contributed by atoms with Crippen LogP contribution in [0.3, 0.4) is 0 Å². The average Bonchev–Trinajstić information content (AvgIpc) is 2.49. The Morgan fingerprint density at radius 1 is 1.45 bits per heavy atom. The highest BCUT2D eigenvalue weighted by Crippen LogP contribution is 2.17. The van der Waals surface area contributed by atoms with Crippen LogP contribution in [0, 0.1) is 0 Å². The Labute approximate surface area is 122 Å². The van der Waals surface area contributed by atoms with E-state index in [0.29, 0.717) is 6.10 Å². The lowest BCUT2D eigenvalue weighted by Crippen LogP contribution is -2.33. The molecule has 1 aromatic heterocycles. The first-order valence-corrected chi connectivity index (χ1v) is 7.72. The van der Waals surface area contributed by atoms with E-state index in [2.05, 4.69) is 36.0 Å². The van der Waals surface area contributed by atoms with E-state index >= 15 is 0 Å². The molecule has 2 atom stereocenters. The third kappa shape index (κ3) is 4.46. The van der Waals surface area contributed by atoms with E-state index in [1.54, 1.807) is 0 Å². The van der Waals surface area contributed by atoms with Gasteiger partial charge in [0.2, 0.25) is 0 Å². The fourth-order valence-corrected chi connectivity index (χ4v) is 2.56. The molecular formula is C16H27N3O. The van der Waals surface area contributed by atoms with Crippen LogP contribution in [0.15, 0.2) is 18.3 Å². The van der Waals surface area contributed by atoms with Crippen molar-refractivity contribution in [3.8, 4) is 0 Å². The van der Waals surface area contributed by atoms with Crippen molar-refractivity contribution in [1.82, 2.24) is 4.98 Å². The molecule has 1 saturated heterocycles. The molecule has 0 aromatic carbocycles. The van der Waals surface area contributed by atoms with E-state index < -0.39 is 0 Å². The number of anilines is 1. The van der Waals surface area contributed by atoms with Crippen molar-refractivity contribution < 1.29 is 4.74 Å². The first kappa shape index (κ1) is 15.3. The number of pyridine rings is 1. The Bertz CT molecular complexity index is 387. The largest absolute Gasteiger partial charge is 0.376 e. The van der Waals surface area contributed by atoms with Crippen molar-refractivity contribution in [2.75, 3.05) is 25.1 Å². The van der Waals surface area contributed by atoms with E-state index in [-0.39, 0.29) is 6.04 Å². The molecule has 0 bridgehead atoms. The molecule has 0 spiro atoms. The van der Waals surface area contributed by atoms with Crippen molar-refractivity contribution in [3.05, 3.63) is 23.9 Å². The highest BCUT2D eigenvalue weighted by atomic mass is 16.5. The van der Waals surface area contributed by atoms with Crippen LogP contribution in [0.25, 0.3) is 0 Å². The van der Waals surface area contributed by atoms with Gasteiger partial charge in [-0.2, -0.15) is 0 Å². The van der Waals surface area contributed by atoms with Crippen molar-refractivity contribution in [2.45, 2.75) is 51.2 Å². The second-order valence-electron chi connectivity index (χ2n) is 5.77. The lowest BCUT2D eigenvalue weighted by Gasteiger charge is -2.28. The van der Waals surface area contributed by atoms with Gasteiger partial charge in [0.15, 0.2) is 0 Å². The molecule has 112 valence electrons. The maximum atomic E-state index is 5.97. The van der Waals surface area contributed by atoms with Crippen molar-refractivity contribution in [3.63, 3.8) is 0 Å². The van der Waals surface area contributed by atoms with Crippen LogP contribution in [0.4, 0.5) is 5.82 Å². The van der Waals surface area contributed by atoms with E-state index in [4.69, 9.17) is 10.5 Å². The van der Waals surface area contributed by atoms with E-state index in [0.717, 1.165) is 38.2 Å². The smallest absolute Gasteiger partial charge is 0.128 e. The molecule has 2 heterocycles. The topological polar surface area (TPSA) is 51.4 Å². The van der Waals surface area contributed by atoms with E-state index in [1.165, 1.54) is 18.4 Å². The summed E-state index contributed by atoms with van der Waals surface area (Å²) in [5.41, 5.74) is 7.19. The zero-order valence-electron chi connectivity index (χ0n) is 12.7. The lowest BCUT2D eigenvalue weighted by atomic mass is 10.1. The highest BCUT2D eigenvalue weighted by Gasteiger charge is 2.16. The second-order valence-corrected chi connectivity index (χ2v) is 5.77. The third-order valence-corrected chi connectivity index (χ3v) is 3.97. The van der Waals surface area contributed by atoms with Crippen molar-refractivity contribution >= 4 is 5.82 Å². The molecular weight excluding hydrogens is 250 g/mol. The molecule has 4 heteroatoms. The van der Waals surface area contributed by atoms with Crippen LogP contribution in [0.2, 0.25) is 0 Å². The zero-order valence-corrected chi connectivity index (χ0v) is 12.7. The number of ether oxygens (including phenoxy) is 1. The predicted molar refractivity (Wildman–Crippen MR) is 83.1 cm³/mol. The van der Waals surface area contributed by atoms with Gasteiger partial charge in [-0.15, -0.1) is 0 Å². The molecule has 0 saturated carbocycles. The number of aromatic nitrogens is 1. The Hall–Kier alpha value is -1.13. The summed E-state index contributed by atoms with van der Waals surface area (Å²) in [4.78, 5) is 6.73. The van der Waals surface area contributed by atoms with Crippen LogP contribution in [-0.4, -0.2) is 37.3 Å². The Kier molecular flexibility index (Phi) is 5.80. The molecule has 0 amide bonds. The quantitative estimate of drug-likeness (QED) is 0.867. The minimum Gasteiger partial charge on any atom is -0.376 e. The average molecular weight is 277 g/mol. The predicted octanol–water partition coefficient (Wildman–Crippen LogP) is 2.37. The normalized spacial score (nSPS) is 20.6. The number of hydrogen-bond donors (Lipinski definition) is 1. The lowest BCUT2D eigenvalue weighted by molar-refractivity contribution is 0.0215. The molecule has 20 heavy (non-hydrogen) atoms. The van der Waals surface area contributed by atoms with Gasteiger partial charge in [-0.3, -0.25) is 0 Å². The van der Waals surface area contributed by atoms with Gasteiger partial charge >= 0.3 is 0 Å². The van der Waals surface area contributed by atoms with E-state index in [9.17, 15) is 0 Å². The summed E-state index contributed by atoms with van der Waals surface area (Å²) >= 11 is 0. The minimum atomic E-state index is 0.232. The molecule has 2 unspecified atom stereocenters. The number of likely N-dealkylation sites (N-methyl/N-ethyl adjacent to an activating group) is 1. The summed E-state index contributed by atoms with van der Waals surface area (Å²) < 4.78 is 5.78. The number of rotatable bonds is 6. The van der Waals surface area contributed by atoms with Crippen LogP contribution in [0.1, 0.15) is 38.2 Å². The summed E-state index contributed by atoms with van der Waals surface area (Å²) in [5.74, 6) is 1.01. The second kappa shape index (κ2) is 7.60. The fourth-order valence-electron chi connectivity index (χ4n) is 2.56. The van der Waals surface area contributed by atoms with Gasteiger partial charge in [0, 0.05) is 32.4 Å². The zero-order chi connectivity index (χ0) is 14.4. The molecule has 2 rings (SSSR count).